The zero-order valence-corrected chi connectivity index (χ0v) is 25.2. The van der Waals surface area contributed by atoms with E-state index < -0.39 is 15.8 Å². The predicted octanol–water partition coefficient (Wildman–Crippen LogP) is 7.38. The number of ether oxygens (including phenoxy) is 2. The molecule has 5 aromatic rings. The van der Waals surface area contributed by atoms with E-state index in [1.54, 1.807) is 0 Å². The molecule has 0 saturated heterocycles. The van der Waals surface area contributed by atoms with Gasteiger partial charge in [-0.15, -0.1) is 0 Å². The first-order valence-corrected chi connectivity index (χ1v) is 17.2. The lowest BCUT2D eigenvalue weighted by Crippen LogP contribution is -2.26. The lowest BCUT2D eigenvalue weighted by atomic mass is 9.96. The molecule has 42 heavy (non-hydrogen) atoms. The molecule has 0 atom stereocenters. The highest BCUT2D eigenvalue weighted by Gasteiger charge is 2.34. The molecule has 1 heterocycles. The summed E-state index contributed by atoms with van der Waals surface area (Å²) in [5.74, 6) is 2.05. The number of benzene rings is 5. The normalized spacial score (nSPS) is 14.7. The lowest BCUT2D eigenvalue weighted by molar-refractivity contribution is 0.147. The number of hydrogen-bond acceptors (Lipinski definition) is 2. The third-order valence-corrected chi connectivity index (χ3v) is 12.7. The Kier molecular flexibility index (Phi) is 8.01. The van der Waals surface area contributed by atoms with Crippen molar-refractivity contribution < 1.29 is 9.47 Å². The highest BCUT2D eigenvalue weighted by Crippen LogP contribution is 2.55. The molecule has 5 aromatic carbocycles. The Hall–Kier alpha value is -3.96. The summed E-state index contributed by atoms with van der Waals surface area (Å²) in [6.07, 6.45) is 4.34. The van der Waals surface area contributed by atoms with Crippen LogP contribution in [0.3, 0.4) is 0 Å². The Morgan fingerprint density at radius 2 is 0.976 bits per heavy atom. The van der Waals surface area contributed by atoms with Crippen molar-refractivity contribution >= 4 is 47.9 Å². The molecule has 0 aromatic heterocycles. The van der Waals surface area contributed by atoms with Crippen LogP contribution in [0.1, 0.15) is 18.4 Å². The average Bonchev–Trinajstić information content (AvgIpc) is 3.05. The minimum atomic E-state index is -0.850. The first-order chi connectivity index (χ1) is 20.9. The van der Waals surface area contributed by atoms with E-state index >= 15 is 0 Å². The van der Waals surface area contributed by atoms with Gasteiger partial charge in [0, 0.05) is 17.6 Å². The zero-order valence-electron chi connectivity index (χ0n) is 23.4. The number of rotatable bonds is 6. The molecule has 0 saturated carbocycles. The molecule has 0 N–H and O–H groups in total. The van der Waals surface area contributed by atoms with Crippen LogP contribution >= 0.6 is 15.8 Å². The van der Waals surface area contributed by atoms with Crippen molar-refractivity contribution in [2.24, 2.45) is 0 Å². The van der Waals surface area contributed by atoms with Gasteiger partial charge in [-0.1, -0.05) is 140 Å². The second-order valence-corrected chi connectivity index (χ2v) is 14.7. The molecule has 0 fully saturated rings. The van der Waals surface area contributed by atoms with E-state index in [2.05, 4.69) is 146 Å². The fourth-order valence-corrected chi connectivity index (χ4v) is 10.9. The van der Waals surface area contributed by atoms with Crippen molar-refractivity contribution in [2.45, 2.75) is 12.8 Å². The van der Waals surface area contributed by atoms with Crippen molar-refractivity contribution in [3.05, 3.63) is 162 Å². The van der Waals surface area contributed by atoms with Gasteiger partial charge in [0.1, 0.15) is 24.7 Å². The lowest BCUT2D eigenvalue weighted by Gasteiger charge is -2.33. The maximum atomic E-state index is 6.57. The first-order valence-electron chi connectivity index (χ1n) is 14.5. The van der Waals surface area contributed by atoms with Crippen LogP contribution in [0.25, 0.3) is 5.57 Å². The van der Waals surface area contributed by atoms with Gasteiger partial charge in [0.25, 0.3) is 0 Å². The third kappa shape index (κ3) is 5.34. The van der Waals surface area contributed by atoms with Crippen LogP contribution in [0.5, 0.6) is 5.75 Å². The van der Waals surface area contributed by atoms with Gasteiger partial charge in [-0.2, -0.15) is 0 Å². The van der Waals surface area contributed by atoms with Gasteiger partial charge in [0.05, 0.1) is 0 Å². The van der Waals surface area contributed by atoms with E-state index in [-0.39, 0.29) is 0 Å². The Balaban J connectivity index is 1.49. The summed E-state index contributed by atoms with van der Waals surface area (Å²) in [5.41, 5.74) is 2.42. The van der Waals surface area contributed by atoms with E-state index in [1.807, 2.05) is 0 Å². The molecule has 206 valence electrons. The third-order valence-electron chi connectivity index (χ3n) is 7.65. The second kappa shape index (κ2) is 12.5. The van der Waals surface area contributed by atoms with Gasteiger partial charge < -0.3 is 9.47 Å². The quantitative estimate of drug-likeness (QED) is 0.195. The molecule has 0 spiro atoms. The maximum absolute atomic E-state index is 6.57. The van der Waals surface area contributed by atoms with E-state index in [9.17, 15) is 0 Å². The predicted molar refractivity (Wildman–Crippen MR) is 180 cm³/mol. The fourth-order valence-electron chi connectivity index (χ4n) is 5.88. The fraction of sp³-hybridized carbons (Fsp3) is 0.105. The smallest absolute Gasteiger partial charge is 0.128 e. The van der Waals surface area contributed by atoms with Gasteiger partial charge in [0.2, 0.25) is 0 Å². The van der Waals surface area contributed by atoms with Crippen LogP contribution in [-0.4, -0.2) is 13.2 Å². The highest BCUT2D eigenvalue weighted by atomic mass is 31.1. The monoisotopic (exact) mass is 582 g/mol. The molecule has 1 aliphatic heterocycles. The molecule has 7 rings (SSSR count). The number of allylic oxidation sites excluding steroid dienone is 4. The topological polar surface area (TPSA) is 18.5 Å². The summed E-state index contributed by atoms with van der Waals surface area (Å²) in [6.45, 7) is 1.09. The van der Waals surface area contributed by atoms with E-state index in [1.165, 1.54) is 43.0 Å². The number of fused-ring (bicyclic) bond motifs is 2. The number of hydrogen-bond donors (Lipinski definition) is 0. The second-order valence-electron chi connectivity index (χ2n) is 10.3. The first kappa shape index (κ1) is 26.9. The van der Waals surface area contributed by atoms with Crippen LogP contribution in [0.4, 0.5) is 0 Å². The Morgan fingerprint density at radius 3 is 1.52 bits per heavy atom. The van der Waals surface area contributed by atoms with E-state index in [0.29, 0.717) is 13.2 Å². The molecule has 0 unspecified atom stereocenters. The van der Waals surface area contributed by atoms with Crippen LogP contribution in [0, 0.1) is 0 Å². The molecule has 2 aliphatic rings. The summed E-state index contributed by atoms with van der Waals surface area (Å²) in [7, 11) is -1.67. The molecule has 0 bridgehead atoms. The summed E-state index contributed by atoms with van der Waals surface area (Å²) >= 11 is 0. The van der Waals surface area contributed by atoms with Gasteiger partial charge in [-0.05, 0) is 60.2 Å². The molecular weight excluding hydrogens is 550 g/mol. The summed E-state index contributed by atoms with van der Waals surface area (Å²) < 4.78 is 13.1. The van der Waals surface area contributed by atoms with Crippen molar-refractivity contribution in [1.82, 2.24) is 0 Å². The van der Waals surface area contributed by atoms with E-state index in [0.717, 1.165) is 24.4 Å². The zero-order chi connectivity index (χ0) is 28.1. The van der Waals surface area contributed by atoms with Crippen LogP contribution < -0.4 is 31.3 Å². The molecule has 4 heteroatoms. The van der Waals surface area contributed by atoms with Crippen molar-refractivity contribution in [3.63, 3.8) is 0 Å². The molecule has 0 radical (unpaired) electrons. The SMILES string of the molecule is C1=C(P(c2ccccc2)c2ccccc2)C2=C(CC1)OCCOc1cccc(P(c3ccccc3)c3ccccc3)c12. The van der Waals surface area contributed by atoms with Gasteiger partial charge >= 0.3 is 0 Å². The minimum absolute atomic E-state index is 0.535. The molecule has 0 amide bonds. The van der Waals surface area contributed by atoms with E-state index in [4.69, 9.17) is 9.47 Å². The molecule has 2 nitrogen and oxygen atoms in total. The Bertz CT molecular complexity index is 1640. The van der Waals surface area contributed by atoms with Crippen LogP contribution in [-0.2, 0) is 4.74 Å². The van der Waals surface area contributed by atoms with Crippen molar-refractivity contribution in [1.29, 1.82) is 0 Å². The van der Waals surface area contributed by atoms with Gasteiger partial charge in [0.15, 0.2) is 0 Å². The molecular formula is C38H32O2P2. The standard InChI is InChI=1S/C38H32O2P2/c1-5-15-29(16-6-1)41(30-17-7-2-8-18-30)35-25-13-23-33-37(35)38-34(40-28-27-39-33)24-14-26-36(38)42(31-19-9-3-10-20-31)32-21-11-4-12-22-32/h1-13,15-23,25-26H,14,24,27-28H2. The average molecular weight is 583 g/mol. The highest BCUT2D eigenvalue weighted by molar-refractivity contribution is 7.80. The van der Waals surface area contributed by atoms with Gasteiger partial charge in [-0.3, -0.25) is 0 Å². The summed E-state index contributed by atoms with van der Waals surface area (Å²) in [5, 5.41) is 8.00. The summed E-state index contributed by atoms with van der Waals surface area (Å²) in [6, 6.07) is 50.5. The largest absolute Gasteiger partial charge is 0.494 e. The Labute approximate surface area is 250 Å². The molecule has 1 aliphatic carbocycles. The maximum Gasteiger partial charge on any atom is 0.128 e. The van der Waals surface area contributed by atoms with Gasteiger partial charge in [-0.25, -0.2) is 0 Å². The van der Waals surface area contributed by atoms with Crippen LogP contribution in [0.15, 0.2) is 157 Å². The van der Waals surface area contributed by atoms with Crippen molar-refractivity contribution in [2.75, 3.05) is 13.2 Å². The minimum Gasteiger partial charge on any atom is -0.494 e. The van der Waals surface area contributed by atoms with Crippen LogP contribution in [0.2, 0.25) is 0 Å². The Morgan fingerprint density at radius 1 is 0.476 bits per heavy atom. The summed E-state index contributed by atoms with van der Waals surface area (Å²) in [4.78, 5) is 0. The van der Waals surface area contributed by atoms with Crippen molar-refractivity contribution in [3.8, 4) is 5.75 Å².